The molecule has 8 heteroatoms. The minimum Gasteiger partial charge on any atom is -0.475 e. The predicted molar refractivity (Wildman–Crippen MR) is 47.0 cm³/mol. The zero-order chi connectivity index (χ0) is 12.6. The molecule has 0 saturated carbocycles. The fraction of sp³-hybridized carbons (Fsp3) is 0.750. The Balaban J connectivity index is 0.000000293. The van der Waals surface area contributed by atoms with E-state index in [1.165, 1.54) is 0 Å². The molecule has 94 valence electrons. The van der Waals surface area contributed by atoms with Crippen LogP contribution in [0.5, 0.6) is 0 Å². The number of rotatable bonds is 1. The highest BCUT2D eigenvalue weighted by Gasteiger charge is 2.38. The van der Waals surface area contributed by atoms with E-state index in [0.717, 1.165) is 25.8 Å². The van der Waals surface area contributed by atoms with Gasteiger partial charge in [-0.15, -0.1) is 0 Å². The Morgan fingerprint density at radius 3 is 2.44 bits per heavy atom. The highest BCUT2D eigenvalue weighted by molar-refractivity contribution is 5.73. The molecular weight excluding hydrogens is 231 g/mol. The summed E-state index contributed by atoms with van der Waals surface area (Å²) in [6.45, 7) is 2.41. The van der Waals surface area contributed by atoms with Gasteiger partial charge < -0.3 is 20.0 Å². The Bertz CT molecular complexity index is 224. The van der Waals surface area contributed by atoms with Crippen LogP contribution in [0.15, 0.2) is 0 Å². The molecule has 0 aromatic rings. The number of nitrogens with one attached hydrogen (secondary N) is 1. The number of carbonyl (C=O) groups excluding carboxylic acids is 1. The first-order valence-corrected chi connectivity index (χ1v) is 4.45. The molecule has 0 aromatic heterocycles. The van der Waals surface area contributed by atoms with Crippen LogP contribution >= 0.6 is 0 Å². The molecule has 16 heavy (non-hydrogen) atoms. The number of carbonyl (C=O) groups is 2. The summed E-state index contributed by atoms with van der Waals surface area (Å²) in [6, 6.07) is 0. The summed E-state index contributed by atoms with van der Waals surface area (Å²) >= 11 is 0. The molecule has 1 aliphatic heterocycles. The molecule has 1 atom stereocenters. The molecule has 0 radical (unpaired) electrons. The minimum atomic E-state index is -5.08. The summed E-state index contributed by atoms with van der Waals surface area (Å²) < 4.78 is 36.9. The van der Waals surface area contributed by atoms with E-state index < -0.39 is 12.1 Å². The summed E-state index contributed by atoms with van der Waals surface area (Å²) in [6.07, 6.45) is -3.57. The second-order valence-corrected chi connectivity index (χ2v) is 2.89. The zero-order valence-electron chi connectivity index (χ0n) is 8.29. The van der Waals surface area contributed by atoms with E-state index in [0.29, 0.717) is 6.61 Å². The van der Waals surface area contributed by atoms with Crippen molar-refractivity contribution in [3.8, 4) is 0 Å². The normalized spacial score (nSPS) is 21.3. The third-order valence-corrected chi connectivity index (χ3v) is 1.61. The average molecular weight is 243 g/mol. The fourth-order valence-corrected chi connectivity index (χ4v) is 0.842. The van der Waals surface area contributed by atoms with Crippen LogP contribution < -0.4 is 5.32 Å². The van der Waals surface area contributed by atoms with Crippen molar-refractivity contribution < 1.29 is 32.6 Å². The molecule has 5 nitrogen and oxygen atoms in total. The molecule has 1 unspecified atom stereocenters. The third-order valence-electron chi connectivity index (χ3n) is 1.61. The summed E-state index contributed by atoms with van der Waals surface area (Å²) in [5.41, 5.74) is 0. The van der Waals surface area contributed by atoms with Gasteiger partial charge in [0.05, 0.1) is 6.61 Å². The first-order valence-electron chi connectivity index (χ1n) is 4.45. The van der Waals surface area contributed by atoms with Gasteiger partial charge >= 0.3 is 12.1 Å². The Morgan fingerprint density at radius 2 is 2.00 bits per heavy atom. The molecule has 1 aliphatic rings. The summed E-state index contributed by atoms with van der Waals surface area (Å²) in [7, 11) is 0. The lowest BCUT2D eigenvalue weighted by atomic mass is 10.3. The van der Waals surface area contributed by atoms with E-state index >= 15 is 0 Å². The predicted octanol–water partition coefficient (Wildman–Crippen LogP) is 0.197. The van der Waals surface area contributed by atoms with Gasteiger partial charge in [0.1, 0.15) is 12.4 Å². The van der Waals surface area contributed by atoms with E-state index in [-0.39, 0.29) is 6.10 Å². The average Bonchev–Trinajstić information content (AvgIpc) is 2.44. The van der Waals surface area contributed by atoms with Crippen molar-refractivity contribution in [3.63, 3.8) is 0 Å². The highest BCUT2D eigenvalue weighted by atomic mass is 19.4. The second-order valence-electron chi connectivity index (χ2n) is 2.89. The molecule has 0 aliphatic carbocycles. The Kier molecular flexibility index (Phi) is 6.66. The molecule has 1 saturated heterocycles. The smallest absolute Gasteiger partial charge is 0.475 e. The van der Waals surface area contributed by atoms with Crippen LogP contribution in [-0.2, 0) is 14.3 Å². The monoisotopic (exact) mass is 243 g/mol. The maximum atomic E-state index is 10.6. The van der Waals surface area contributed by atoms with Crippen molar-refractivity contribution in [2.24, 2.45) is 0 Å². The maximum absolute atomic E-state index is 10.6. The first-order chi connectivity index (χ1) is 7.38. The Hall–Kier alpha value is -1.15. The lowest BCUT2D eigenvalue weighted by molar-refractivity contribution is -0.192. The number of aliphatic carboxylic acids is 1. The van der Waals surface area contributed by atoms with Crippen molar-refractivity contribution >= 4 is 12.3 Å². The molecule has 0 spiro atoms. The van der Waals surface area contributed by atoms with Gasteiger partial charge in [0.25, 0.3) is 0 Å². The fourth-order valence-electron chi connectivity index (χ4n) is 0.842. The minimum absolute atomic E-state index is 0.167. The summed E-state index contributed by atoms with van der Waals surface area (Å²) in [5.74, 6) is -2.76. The first kappa shape index (κ1) is 14.8. The van der Waals surface area contributed by atoms with E-state index in [1.54, 1.807) is 0 Å². The van der Waals surface area contributed by atoms with Crippen LogP contribution in [0, 0.1) is 0 Å². The van der Waals surface area contributed by atoms with Gasteiger partial charge in [-0.05, 0) is 13.0 Å². The van der Waals surface area contributed by atoms with Gasteiger partial charge in [-0.2, -0.15) is 13.2 Å². The molecule has 2 N–H and O–H groups in total. The number of aldehydes is 1. The van der Waals surface area contributed by atoms with Gasteiger partial charge in [0.2, 0.25) is 0 Å². The number of hydrogen-bond donors (Lipinski definition) is 2. The number of carboxylic acid groups (broad SMARTS) is 1. The second kappa shape index (κ2) is 7.18. The molecule has 0 bridgehead atoms. The zero-order valence-corrected chi connectivity index (χ0v) is 8.29. The van der Waals surface area contributed by atoms with Crippen LogP contribution in [0.25, 0.3) is 0 Å². The summed E-state index contributed by atoms with van der Waals surface area (Å²) in [5, 5.41) is 10.3. The van der Waals surface area contributed by atoms with Crippen LogP contribution in [0.1, 0.15) is 6.42 Å². The van der Waals surface area contributed by atoms with Crippen molar-refractivity contribution in [2.75, 3.05) is 19.7 Å². The van der Waals surface area contributed by atoms with Gasteiger partial charge in [0.15, 0.2) is 0 Å². The maximum Gasteiger partial charge on any atom is 0.490 e. The van der Waals surface area contributed by atoms with Crippen molar-refractivity contribution in [3.05, 3.63) is 0 Å². The number of hydrogen-bond acceptors (Lipinski definition) is 4. The third kappa shape index (κ3) is 7.18. The lowest BCUT2D eigenvalue weighted by Crippen LogP contribution is -2.21. The quantitative estimate of drug-likeness (QED) is 0.643. The number of halogens is 3. The largest absolute Gasteiger partial charge is 0.490 e. The lowest BCUT2D eigenvalue weighted by Gasteiger charge is -2.03. The number of ether oxygens (including phenoxy) is 1. The molecule has 0 aromatic carbocycles. The van der Waals surface area contributed by atoms with Crippen molar-refractivity contribution in [1.29, 1.82) is 0 Å². The Morgan fingerprint density at radius 1 is 1.44 bits per heavy atom. The van der Waals surface area contributed by atoms with E-state index in [2.05, 4.69) is 5.32 Å². The highest BCUT2D eigenvalue weighted by Crippen LogP contribution is 2.13. The SMILES string of the molecule is O=C(O)C(F)(F)F.O=CC1CCNCCO1. The van der Waals surface area contributed by atoms with Crippen LogP contribution in [0.2, 0.25) is 0 Å². The van der Waals surface area contributed by atoms with Crippen molar-refractivity contribution in [1.82, 2.24) is 5.32 Å². The van der Waals surface area contributed by atoms with Crippen LogP contribution in [0.3, 0.4) is 0 Å². The standard InChI is InChI=1S/C6H11NO2.C2HF3O2/c8-5-6-1-2-7-3-4-9-6;3-2(4,5)1(6)7/h5-7H,1-4H2;(H,6,7). The van der Waals surface area contributed by atoms with E-state index in [9.17, 15) is 18.0 Å². The van der Waals surface area contributed by atoms with Gasteiger partial charge in [-0.3, -0.25) is 0 Å². The van der Waals surface area contributed by atoms with Crippen LogP contribution in [0.4, 0.5) is 13.2 Å². The topological polar surface area (TPSA) is 75.6 Å². The molecule has 1 rings (SSSR count). The number of alkyl halides is 3. The Labute approximate surface area is 89.6 Å². The van der Waals surface area contributed by atoms with Gasteiger partial charge in [0, 0.05) is 6.54 Å². The molecular formula is C8H12F3NO4. The van der Waals surface area contributed by atoms with Gasteiger partial charge in [-0.25, -0.2) is 4.79 Å². The molecule has 1 fully saturated rings. The molecule has 1 heterocycles. The molecule has 0 amide bonds. The summed E-state index contributed by atoms with van der Waals surface area (Å²) in [4.78, 5) is 19.1. The van der Waals surface area contributed by atoms with Crippen molar-refractivity contribution in [2.45, 2.75) is 18.7 Å². The van der Waals surface area contributed by atoms with E-state index in [1.807, 2.05) is 0 Å². The number of carboxylic acids is 1. The van der Waals surface area contributed by atoms with Gasteiger partial charge in [-0.1, -0.05) is 0 Å². The van der Waals surface area contributed by atoms with E-state index in [4.69, 9.17) is 14.6 Å². The van der Waals surface area contributed by atoms with Crippen LogP contribution in [-0.4, -0.2) is 49.3 Å².